The molecule has 0 saturated heterocycles. The van der Waals surface area contributed by atoms with Crippen LogP contribution in [0.4, 0.5) is 0 Å². The van der Waals surface area contributed by atoms with Gasteiger partial charge in [-0.1, -0.05) is 27.2 Å². The lowest BCUT2D eigenvalue weighted by atomic mass is 9.61. The third-order valence-electron chi connectivity index (χ3n) is 5.39. The summed E-state index contributed by atoms with van der Waals surface area (Å²) in [6.07, 6.45) is 7.10. The number of hydrogen-bond acceptors (Lipinski definition) is 1. The molecule has 1 nitrogen and oxygen atoms in total. The van der Waals surface area contributed by atoms with Gasteiger partial charge < -0.3 is 5.32 Å². The van der Waals surface area contributed by atoms with E-state index in [1.54, 1.807) is 0 Å². The van der Waals surface area contributed by atoms with Gasteiger partial charge in [0.25, 0.3) is 0 Å². The lowest BCUT2D eigenvalue weighted by Gasteiger charge is -2.50. The molecule has 0 aromatic carbocycles. The van der Waals surface area contributed by atoms with Crippen molar-refractivity contribution >= 4 is 12.4 Å². The van der Waals surface area contributed by atoms with Gasteiger partial charge >= 0.3 is 0 Å². The molecule has 1 N–H and O–H groups in total. The van der Waals surface area contributed by atoms with E-state index in [9.17, 15) is 0 Å². The molecule has 3 unspecified atom stereocenters. The first-order chi connectivity index (χ1) is 6.58. The lowest BCUT2D eigenvalue weighted by Crippen LogP contribution is -2.58. The summed E-state index contributed by atoms with van der Waals surface area (Å²) in [6, 6.07) is 0. The molecular formula is C13H26ClN. The summed E-state index contributed by atoms with van der Waals surface area (Å²) in [5.41, 5.74) is 0.964. The van der Waals surface area contributed by atoms with E-state index >= 15 is 0 Å². The van der Waals surface area contributed by atoms with Gasteiger partial charge in [-0.2, -0.15) is 0 Å². The van der Waals surface area contributed by atoms with E-state index in [0.29, 0.717) is 11.0 Å². The second kappa shape index (κ2) is 4.25. The molecule has 90 valence electrons. The van der Waals surface area contributed by atoms with Crippen LogP contribution in [0.2, 0.25) is 0 Å². The third kappa shape index (κ3) is 1.54. The number of rotatable bonds is 3. The van der Waals surface area contributed by atoms with Crippen molar-refractivity contribution in [3.63, 3.8) is 0 Å². The van der Waals surface area contributed by atoms with Gasteiger partial charge in [-0.3, -0.25) is 0 Å². The number of fused-ring (bicyclic) bond motifs is 2. The van der Waals surface area contributed by atoms with Crippen LogP contribution in [0.25, 0.3) is 0 Å². The van der Waals surface area contributed by atoms with E-state index < -0.39 is 0 Å². The van der Waals surface area contributed by atoms with E-state index in [4.69, 9.17) is 0 Å². The molecule has 2 rings (SSSR count). The predicted molar refractivity (Wildman–Crippen MR) is 68.6 cm³/mol. The highest BCUT2D eigenvalue weighted by Gasteiger charge is 2.61. The van der Waals surface area contributed by atoms with E-state index in [0.717, 1.165) is 11.8 Å². The Morgan fingerprint density at radius 1 is 1.20 bits per heavy atom. The fourth-order valence-electron chi connectivity index (χ4n) is 4.55. The summed E-state index contributed by atoms with van der Waals surface area (Å²) in [4.78, 5) is 0. The minimum Gasteiger partial charge on any atom is -0.313 e. The molecule has 0 aliphatic heterocycles. The van der Waals surface area contributed by atoms with Crippen molar-refractivity contribution in [1.29, 1.82) is 0 Å². The van der Waals surface area contributed by atoms with Gasteiger partial charge in [0.2, 0.25) is 0 Å². The zero-order chi connectivity index (χ0) is 10.4. The van der Waals surface area contributed by atoms with Crippen LogP contribution >= 0.6 is 12.4 Å². The summed E-state index contributed by atoms with van der Waals surface area (Å²) in [6.45, 7) is 7.30. The number of hydrogen-bond donors (Lipinski definition) is 1. The van der Waals surface area contributed by atoms with Crippen molar-refractivity contribution in [2.75, 3.05) is 7.05 Å². The lowest BCUT2D eigenvalue weighted by molar-refractivity contribution is 0.0487. The Bertz CT molecular complexity index is 227. The van der Waals surface area contributed by atoms with Crippen LogP contribution in [0.3, 0.4) is 0 Å². The van der Waals surface area contributed by atoms with E-state index in [-0.39, 0.29) is 12.4 Å². The standard InChI is InChI=1S/C13H25N.ClH/c1-5-8-13(14-4)11-7-6-10(9-11)12(13,2)3;/h10-11,14H,5-9H2,1-4H3;1H. The first kappa shape index (κ1) is 13.3. The molecule has 2 aliphatic rings. The van der Waals surface area contributed by atoms with Gasteiger partial charge in [0.05, 0.1) is 0 Å². The largest absolute Gasteiger partial charge is 0.313 e. The Morgan fingerprint density at radius 3 is 2.20 bits per heavy atom. The highest BCUT2D eigenvalue weighted by molar-refractivity contribution is 5.85. The van der Waals surface area contributed by atoms with Crippen molar-refractivity contribution in [3.8, 4) is 0 Å². The molecule has 2 saturated carbocycles. The Balaban J connectivity index is 0.00000112. The molecule has 0 aromatic rings. The second-order valence-corrected chi connectivity index (χ2v) is 5.90. The van der Waals surface area contributed by atoms with Crippen LogP contribution in [0.5, 0.6) is 0 Å². The van der Waals surface area contributed by atoms with E-state index in [1.807, 2.05) is 0 Å². The summed E-state index contributed by atoms with van der Waals surface area (Å²) in [7, 11) is 2.18. The summed E-state index contributed by atoms with van der Waals surface area (Å²) in [5, 5.41) is 3.70. The molecule has 0 spiro atoms. The Labute approximate surface area is 101 Å². The van der Waals surface area contributed by atoms with Crippen LogP contribution in [0.1, 0.15) is 52.9 Å². The van der Waals surface area contributed by atoms with Gasteiger partial charge in [-0.25, -0.2) is 0 Å². The first-order valence-corrected chi connectivity index (χ1v) is 6.27. The van der Waals surface area contributed by atoms with Gasteiger partial charge in [0.15, 0.2) is 0 Å². The maximum Gasteiger partial charge on any atom is 0.0260 e. The normalized spacial score (nSPS) is 41.6. The molecule has 0 amide bonds. The molecule has 3 atom stereocenters. The maximum absolute atomic E-state index is 3.70. The second-order valence-electron chi connectivity index (χ2n) is 5.90. The average molecular weight is 232 g/mol. The average Bonchev–Trinajstić information content (AvgIpc) is 2.68. The van der Waals surface area contributed by atoms with Crippen LogP contribution in [-0.2, 0) is 0 Å². The molecule has 2 fully saturated rings. The zero-order valence-corrected chi connectivity index (χ0v) is 11.4. The zero-order valence-electron chi connectivity index (χ0n) is 10.6. The SMILES string of the molecule is CCCC1(NC)C2CCC(C2)C1(C)C.Cl. The fraction of sp³-hybridized carbons (Fsp3) is 1.00. The Kier molecular flexibility index (Phi) is 3.78. The third-order valence-corrected chi connectivity index (χ3v) is 5.39. The molecule has 0 aromatic heterocycles. The highest BCUT2D eigenvalue weighted by atomic mass is 35.5. The monoisotopic (exact) mass is 231 g/mol. The van der Waals surface area contributed by atoms with Gasteiger partial charge in [-0.05, 0) is 50.0 Å². The molecule has 2 bridgehead atoms. The van der Waals surface area contributed by atoms with Gasteiger partial charge in [-0.15, -0.1) is 12.4 Å². The Morgan fingerprint density at radius 2 is 1.80 bits per heavy atom. The quantitative estimate of drug-likeness (QED) is 0.783. The maximum atomic E-state index is 3.70. The smallest absolute Gasteiger partial charge is 0.0260 e. The van der Waals surface area contributed by atoms with Crippen molar-refractivity contribution in [2.45, 2.75) is 58.4 Å². The van der Waals surface area contributed by atoms with Crippen LogP contribution in [0, 0.1) is 17.3 Å². The van der Waals surface area contributed by atoms with Crippen molar-refractivity contribution in [1.82, 2.24) is 5.32 Å². The van der Waals surface area contributed by atoms with E-state index in [1.165, 1.54) is 32.1 Å². The van der Waals surface area contributed by atoms with Crippen LogP contribution in [0.15, 0.2) is 0 Å². The number of halogens is 1. The van der Waals surface area contributed by atoms with Crippen molar-refractivity contribution in [2.24, 2.45) is 17.3 Å². The van der Waals surface area contributed by atoms with Crippen molar-refractivity contribution in [3.05, 3.63) is 0 Å². The van der Waals surface area contributed by atoms with Crippen LogP contribution in [-0.4, -0.2) is 12.6 Å². The molecule has 15 heavy (non-hydrogen) atoms. The minimum absolute atomic E-state index is 0. The molecule has 0 radical (unpaired) electrons. The molecule has 2 heteroatoms. The summed E-state index contributed by atoms with van der Waals surface area (Å²) in [5.74, 6) is 1.93. The summed E-state index contributed by atoms with van der Waals surface area (Å²) < 4.78 is 0. The minimum atomic E-state index is 0. The number of nitrogens with one attached hydrogen (secondary N) is 1. The Hall–Kier alpha value is 0.250. The molecular weight excluding hydrogens is 206 g/mol. The first-order valence-electron chi connectivity index (χ1n) is 6.27. The van der Waals surface area contributed by atoms with Crippen LogP contribution < -0.4 is 5.32 Å². The molecule has 2 aliphatic carbocycles. The highest BCUT2D eigenvalue weighted by Crippen LogP contribution is 2.62. The van der Waals surface area contributed by atoms with Crippen molar-refractivity contribution < 1.29 is 0 Å². The topological polar surface area (TPSA) is 12.0 Å². The van der Waals surface area contributed by atoms with Gasteiger partial charge in [0.1, 0.15) is 0 Å². The predicted octanol–water partition coefficient (Wildman–Crippen LogP) is 3.62. The fourth-order valence-corrected chi connectivity index (χ4v) is 4.55. The van der Waals surface area contributed by atoms with E-state index in [2.05, 4.69) is 33.1 Å². The summed E-state index contributed by atoms with van der Waals surface area (Å²) >= 11 is 0. The molecule has 0 heterocycles. The van der Waals surface area contributed by atoms with Gasteiger partial charge in [0, 0.05) is 5.54 Å².